The predicted molar refractivity (Wildman–Crippen MR) is 211 cm³/mol. The summed E-state index contributed by atoms with van der Waals surface area (Å²) in [6.45, 7) is 24.7. The number of nitrogens with zero attached hydrogens (tertiary/aromatic N) is 1. The number of allylic oxidation sites excluding steroid dienone is 1. The maximum atomic E-state index is 14.2. The second-order valence-electron chi connectivity index (χ2n) is 21.4. The van der Waals surface area contributed by atoms with Crippen molar-refractivity contribution in [3.63, 3.8) is 0 Å². The number of rotatable bonds is 8. The number of carboxylic acids is 1. The Morgan fingerprint density at radius 2 is 1.57 bits per heavy atom. The number of ether oxygens (including phenoxy) is 1. The first-order valence-corrected chi connectivity index (χ1v) is 21.3. The van der Waals surface area contributed by atoms with Gasteiger partial charge in [-0.2, -0.15) is 0 Å². The number of aliphatic hydroxyl groups is 1. The summed E-state index contributed by atoms with van der Waals surface area (Å²) < 4.78 is 6.25. The maximum absolute atomic E-state index is 14.2. The molecule has 1 aliphatic heterocycles. The van der Waals surface area contributed by atoms with Gasteiger partial charge in [0.15, 0.2) is 5.78 Å². The van der Waals surface area contributed by atoms with E-state index in [2.05, 4.69) is 84.6 Å². The fraction of sp³-hybridized carbons (Fsp3) is 0.766. The van der Waals surface area contributed by atoms with Crippen LogP contribution in [0.15, 0.2) is 35.4 Å². The number of β-amino-alcohol motifs (C(OH)–C–C–N with tert-alkyl or cyclic N) is 1. The molecule has 4 saturated carbocycles. The summed E-state index contributed by atoms with van der Waals surface area (Å²) in [4.78, 5) is 41.7. The van der Waals surface area contributed by atoms with Crippen LogP contribution in [-0.2, 0) is 32.1 Å². The Labute approximate surface area is 325 Å². The van der Waals surface area contributed by atoms with E-state index >= 15 is 0 Å². The van der Waals surface area contributed by atoms with E-state index in [0.717, 1.165) is 76.5 Å². The summed E-state index contributed by atoms with van der Waals surface area (Å²) >= 11 is 0. The number of Topliss-reactive ketones (excluding diaryl/α,β-unsaturated/α-hetero) is 1. The SMILES string of the molecule is CC(C)C1=C2[C@H]3CC[C@@H]4[C@@]5(C)CC[C@H](OC(=O)CC(C)(C)C(=O)O)C(C)(C)[C@]5(C)CC[C@@]4(C)[C@]3(C)CC[C@@]2([C@@H](O)CN2CCc3ccccc3C2)CC1=O. The van der Waals surface area contributed by atoms with Gasteiger partial charge in [0.2, 0.25) is 0 Å². The Hall–Kier alpha value is -2.51. The molecule has 0 unspecified atom stereocenters. The number of ketones is 1. The van der Waals surface area contributed by atoms with E-state index < -0.39 is 28.9 Å². The molecule has 0 aromatic heterocycles. The van der Waals surface area contributed by atoms with Crippen LogP contribution in [0.5, 0.6) is 0 Å². The molecule has 7 nitrogen and oxygen atoms in total. The Bertz CT molecular complexity index is 1740. The van der Waals surface area contributed by atoms with Crippen molar-refractivity contribution < 1.29 is 29.3 Å². The van der Waals surface area contributed by atoms with Gasteiger partial charge in [-0.05, 0) is 128 Å². The summed E-state index contributed by atoms with van der Waals surface area (Å²) in [5.41, 5.74) is 3.12. The van der Waals surface area contributed by atoms with Crippen LogP contribution >= 0.6 is 0 Å². The minimum Gasteiger partial charge on any atom is -0.481 e. The number of fused-ring (bicyclic) bond motifs is 8. The van der Waals surface area contributed by atoms with Crippen LogP contribution in [0.2, 0.25) is 0 Å². The van der Waals surface area contributed by atoms with E-state index in [1.165, 1.54) is 16.7 Å². The highest BCUT2D eigenvalue weighted by molar-refractivity contribution is 6.00. The standard InChI is InChI=1S/C47H69NO6/c1-29(2)38-33(49)25-47(35(50)28-48-24-18-30-13-11-12-14-31(30)27-48)23-21-43(7)32(39(38)47)15-16-34-44(43,8)20-22-46(10)42(5,6)36(17-19-45(34,46)9)54-37(51)26-41(3,4)40(52)53/h11-14,29,32,34-36,50H,15-28H2,1-10H3,(H,52,53)/t32-,34+,35+,36+,43-,44-,45-,46+,47+/m1/s1. The Balaban J connectivity index is 1.18. The number of hydrogen-bond donors (Lipinski definition) is 2. The van der Waals surface area contributed by atoms with Crippen LogP contribution in [0.1, 0.15) is 145 Å². The number of carboxylic acid groups (broad SMARTS) is 1. The lowest BCUT2D eigenvalue weighted by molar-refractivity contribution is -0.272. The average Bonchev–Trinajstić information content (AvgIpc) is 3.41. The van der Waals surface area contributed by atoms with Crippen molar-refractivity contribution in [1.29, 1.82) is 0 Å². The van der Waals surface area contributed by atoms with Crippen LogP contribution in [0.25, 0.3) is 0 Å². The zero-order valence-corrected chi connectivity index (χ0v) is 35.1. The van der Waals surface area contributed by atoms with Crippen molar-refractivity contribution >= 4 is 17.7 Å². The van der Waals surface area contributed by atoms with Gasteiger partial charge in [0.25, 0.3) is 0 Å². The fourth-order valence-electron chi connectivity index (χ4n) is 14.2. The van der Waals surface area contributed by atoms with Crippen LogP contribution in [0.4, 0.5) is 0 Å². The molecule has 9 atom stereocenters. The third-order valence-corrected chi connectivity index (χ3v) is 18.3. The monoisotopic (exact) mass is 744 g/mol. The Morgan fingerprint density at radius 1 is 0.907 bits per heavy atom. The van der Waals surface area contributed by atoms with Gasteiger partial charge in [-0.3, -0.25) is 19.3 Å². The molecule has 2 N–H and O–H groups in total. The minimum atomic E-state index is -1.17. The molecule has 1 aromatic carbocycles. The normalized spacial score (nSPS) is 39.6. The predicted octanol–water partition coefficient (Wildman–Crippen LogP) is 9.19. The third kappa shape index (κ3) is 5.50. The molecule has 0 saturated heterocycles. The zero-order valence-electron chi connectivity index (χ0n) is 35.1. The summed E-state index contributed by atoms with van der Waals surface area (Å²) in [5, 5.41) is 22.2. The first kappa shape index (κ1) is 39.7. The van der Waals surface area contributed by atoms with Gasteiger partial charge >= 0.3 is 11.9 Å². The highest BCUT2D eigenvalue weighted by Gasteiger charge is 2.73. The molecule has 0 bridgehead atoms. The van der Waals surface area contributed by atoms with Gasteiger partial charge in [0.05, 0.1) is 17.9 Å². The van der Waals surface area contributed by atoms with Crippen molar-refractivity contribution in [3.8, 4) is 0 Å². The molecule has 6 aliphatic rings. The molecule has 0 radical (unpaired) electrons. The molecule has 7 heteroatoms. The van der Waals surface area contributed by atoms with Crippen LogP contribution in [-0.4, -0.2) is 58.1 Å². The van der Waals surface area contributed by atoms with E-state index in [9.17, 15) is 24.6 Å². The number of esters is 1. The minimum absolute atomic E-state index is 0.0104. The number of aliphatic hydroxyl groups excluding tert-OH is 1. The van der Waals surface area contributed by atoms with E-state index in [4.69, 9.17) is 4.74 Å². The van der Waals surface area contributed by atoms with Crippen molar-refractivity contribution in [3.05, 3.63) is 46.5 Å². The first-order valence-electron chi connectivity index (χ1n) is 21.3. The van der Waals surface area contributed by atoms with E-state index in [0.29, 0.717) is 18.9 Å². The molecular weight excluding hydrogens is 675 g/mol. The first-order chi connectivity index (χ1) is 25.1. The van der Waals surface area contributed by atoms with E-state index in [-0.39, 0.29) is 57.2 Å². The fourth-order valence-corrected chi connectivity index (χ4v) is 14.2. The lowest BCUT2D eigenvalue weighted by atomic mass is 9.29. The molecule has 4 fully saturated rings. The summed E-state index contributed by atoms with van der Waals surface area (Å²) in [5.74, 6) is -0.271. The lowest BCUT2D eigenvalue weighted by Gasteiger charge is -2.75. The second-order valence-corrected chi connectivity index (χ2v) is 21.4. The topological polar surface area (TPSA) is 104 Å². The lowest BCUT2D eigenvalue weighted by Crippen LogP contribution is -2.69. The quantitative estimate of drug-likeness (QED) is 0.256. The van der Waals surface area contributed by atoms with Crippen molar-refractivity contribution in [2.45, 2.75) is 159 Å². The van der Waals surface area contributed by atoms with E-state index in [1.807, 2.05) is 0 Å². The second kappa shape index (κ2) is 13.0. The molecule has 5 aliphatic carbocycles. The molecule has 7 rings (SSSR count). The van der Waals surface area contributed by atoms with Gasteiger partial charge in [-0.1, -0.05) is 85.2 Å². The molecule has 54 heavy (non-hydrogen) atoms. The van der Waals surface area contributed by atoms with Crippen molar-refractivity contribution in [1.82, 2.24) is 4.90 Å². The van der Waals surface area contributed by atoms with E-state index in [1.54, 1.807) is 13.8 Å². The van der Waals surface area contributed by atoms with Gasteiger partial charge in [-0.25, -0.2) is 0 Å². The Kier molecular flexibility index (Phi) is 9.57. The molecule has 1 aromatic rings. The van der Waals surface area contributed by atoms with Crippen LogP contribution in [0, 0.1) is 55.7 Å². The average molecular weight is 744 g/mol. The molecular formula is C47H69NO6. The number of carbonyl (C=O) groups is 3. The summed E-state index contributed by atoms with van der Waals surface area (Å²) in [6.07, 6.45) is 8.31. The highest BCUT2D eigenvalue weighted by atomic mass is 16.5. The summed E-state index contributed by atoms with van der Waals surface area (Å²) in [6, 6.07) is 8.68. The third-order valence-electron chi connectivity index (χ3n) is 18.3. The van der Waals surface area contributed by atoms with Gasteiger partial charge < -0.3 is 14.9 Å². The summed E-state index contributed by atoms with van der Waals surface area (Å²) in [7, 11) is 0. The molecule has 0 spiro atoms. The van der Waals surface area contributed by atoms with Crippen molar-refractivity contribution in [2.24, 2.45) is 55.7 Å². The maximum Gasteiger partial charge on any atom is 0.309 e. The van der Waals surface area contributed by atoms with Crippen LogP contribution in [0.3, 0.4) is 0 Å². The number of benzene rings is 1. The van der Waals surface area contributed by atoms with Crippen LogP contribution < -0.4 is 0 Å². The largest absolute Gasteiger partial charge is 0.481 e. The number of aliphatic carboxylic acids is 1. The number of carbonyl (C=O) groups excluding carboxylic acids is 2. The van der Waals surface area contributed by atoms with Gasteiger partial charge in [0.1, 0.15) is 6.10 Å². The molecule has 298 valence electrons. The van der Waals surface area contributed by atoms with Crippen molar-refractivity contribution in [2.75, 3.05) is 13.1 Å². The number of hydrogen-bond acceptors (Lipinski definition) is 6. The zero-order chi connectivity index (χ0) is 39.4. The van der Waals surface area contributed by atoms with Gasteiger partial charge in [0, 0.05) is 36.9 Å². The molecule has 1 heterocycles. The molecule has 0 amide bonds. The van der Waals surface area contributed by atoms with Gasteiger partial charge in [-0.15, -0.1) is 0 Å². The smallest absolute Gasteiger partial charge is 0.309 e. The highest BCUT2D eigenvalue weighted by Crippen LogP contribution is 2.79. The Morgan fingerprint density at radius 3 is 2.24 bits per heavy atom.